The zero-order chi connectivity index (χ0) is 20.8. The Labute approximate surface area is 163 Å². The molecule has 0 radical (unpaired) electrons. The van der Waals surface area contributed by atoms with Crippen molar-refractivity contribution in [3.05, 3.63) is 71.8 Å². The molecule has 0 bridgehead atoms. The fraction of sp³-hybridized carbons (Fsp3) is 0.409. The van der Waals surface area contributed by atoms with Gasteiger partial charge in [-0.15, -0.1) is 0 Å². The van der Waals surface area contributed by atoms with E-state index in [-0.39, 0.29) is 18.7 Å². The lowest BCUT2D eigenvalue weighted by Crippen LogP contribution is -2.44. The highest BCUT2D eigenvalue weighted by Crippen LogP contribution is 2.38. The third kappa shape index (κ3) is 6.37. The van der Waals surface area contributed by atoms with E-state index in [0.717, 1.165) is 5.56 Å². The highest BCUT2D eigenvalue weighted by molar-refractivity contribution is 5.77. The second-order valence-electron chi connectivity index (χ2n) is 7.29. The lowest BCUT2D eigenvalue weighted by molar-refractivity contribution is -0.162. The first-order valence-corrected chi connectivity index (χ1v) is 9.28. The van der Waals surface area contributed by atoms with E-state index in [1.165, 1.54) is 29.2 Å². The summed E-state index contributed by atoms with van der Waals surface area (Å²) in [6, 6.07) is 16.5. The van der Waals surface area contributed by atoms with Crippen molar-refractivity contribution in [2.24, 2.45) is 0 Å². The van der Waals surface area contributed by atoms with Crippen molar-refractivity contribution < 1.29 is 23.1 Å². The van der Waals surface area contributed by atoms with Crippen molar-refractivity contribution in [3.8, 4) is 0 Å². The quantitative estimate of drug-likeness (QED) is 0.692. The Kier molecular flexibility index (Phi) is 7.24. The van der Waals surface area contributed by atoms with Gasteiger partial charge in [-0.05, 0) is 24.5 Å². The summed E-state index contributed by atoms with van der Waals surface area (Å²) in [5.74, 6) is -2.52. The van der Waals surface area contributed by atoms with Crippen LogP contribution < -0.4 is 0 Å². The van der Waals surface area contributed by atoms with Crippen LogP contribution in [0.15, 0.2) is 60.7 Å². The summed E-state index contributed by atoms with van der Waals surface area (Å²) in [6.07, 6.45) is -4.85. The summed E-state index contributed by atoms with van der Waals surface area (Å²) >= 11 is 0. The van der Waals surface area contributed by atoms with Gasteiger partial charge in [0.2, 0.25) is 5.91 Å². The van der Waals surface area contributed by atoms with E-state index >= 15 is 0 Å². The molecule has 3 nitrogen and oxygen atoms in total. The van der Waals surface area contributed by atoms with Crippen molar-refractivity contribution in [3.63, 3.8) is 0 Å². The van der Waals surface area contributed by atoms with E-state index in [4.69, 9.17) is 0 Å². The van der Waals surface area contributed by atoms with Crippen LogP contribution in [0.1, 0.15) is 43.7 Å². The minimum absolute atomic E-state index is 0.0312. The molecule has 0 aliphatic heterocycles. The third-order valence-electron chi connectivity index (χ3n) is 4.84. The number of amides is 1. The van der Waals surface area contributed by atoms with Crippen LogP contribution in [-0.2, 0) is 11.3 Å². The van der Waals surface area contributed by atoms with Crippen LogP contribution in [0.2, 0.25) is 0 Å². The number of hydrogen-bond donors (Lipinski definition) is 1. The molecular formula is C22H26F3NO2. The predicted octanol–water partition coefficient (Wildman–Crippen LogP) is 4.91. The predicted molar refractivity (Wildman–Crippen MR) is 103 cm³/mol. The van der Waals surface area contributed by atoms with Gasteiger partial charge >= 0.3 is 6.18 Å². The molecule has 0 aliphatic carbocycles. The maximum atomic E-state index is 13.6. The molecule has 0 aromatic heterocycles. The summed E-state index contributed by atoms with van der Waals surface area (Å²) < 4.78 is 40.9. The lowest BCUT2D eigenvalue weighted by Gasteiger charge is -2.32. The summed E-state index contributed by atoms with van der Waals surface area (Å²) in [7, 11) is 0. The second-order valence-corrected chi connectivity index (χ2v) is 7.29. The molecule has 0 fully saturated rings. The molecule has 2 aromatic rings. The minimum atomic E-state index is -4.54. The molecule has 2 atom stereocenters. The standard InChI is InChI=1S/C22H26F3NO2/c1-3-21(2,28)16-26(15-17-10-6-4-7-11-17)20(27)14-19(22(23,24)25)18-12-8-5-9-13-18/h4-13,19,28H,3,14-16H2,1-2H3/t19-,21-/m1/s1. The highest BCUT2D eigenvalue weighted by Gasteiger charge is 2.42. The average Bonchev–Trinajstić information content (AvgIpc) is 2.66. The molecule has 0 spiro atoms. The maximum Gasteiger partial charge on any atom is 0.396 e. The normalized spacial score (nSPS) is 14.9. The van der Waals surface area contributed by atoms with Crippen LogP contribution in [0.4, 0.5) is 13.2 Å². The van der Waals surface area contributed by atoms with Gasteiger partial charge < -0.3 is 10.0 Å². The van der Waals surface area contributed by atoms with Crippen LogP contribution in [0.25, 0.3) is 0 Å². The summed E-state index contributed by atoms with van der Waals surface area (Å²) in [4.78, 5) is 14.2. The Morgan fingerprint density at radius 1 is 1.04 bits per heavy atom. The maximum absolute atomic E-state index is 13.6. The summed E-state index contributed by atoms with van der Waals surface area (Å²) in [5, 5.41) is 10.4. The molecular weight excluding hydrogens is 367 g/mol. The number of nitrogens with zero attached hydrogens (tertiary/aromatic N) is 1. The lowest BCUT2D eigenvalue weighted by atomic mass is 9.93. The number of rotatable bonds is 8. The number of carbonyl (C=O) groups excluding carboxylic acids is 1. The van der Waals surface area contributed by atoms with Gasteiger partial charge in [0, 0.05) is 19.5 Å². The SMILES string of the molecule is CC[C@@](C)(O)CN(Cc1ccccc1)C(=O)C[C@H](c1ccccc1)C(F)(F)F. The molecule has 0 aliphatic rings. The van der Waals surface area contributed by atoms with Crippen molar-refractivity contribution in [2.45, 2.75) is 50.9 Å². The number of alkyl halides is 3. The molecule has 0 unspecified atom stereocenters. The van der Waals surface area contributed by atoms with Crippen LogP contribution in [0, 0.1) is 0 Å². The first-order valence-electron chi connectivity index (χ1n) is 9.28. The fourth-order valence-electron chi connectivity index (χ4n) is 2.97. The molecule has 6 heteroatoms. The van der Waals surface area contributed by atoms with Crippen molar-refractivity contribution in [1.82, 2.24) is 4.90 Å². The number of benzene rings is 2. The molecule has 152 valence electrons. The van der Waals surface area contributed by atoms with Gasteiger partial charge in [0.05, 0.1) is 11.5 Å². The van der Waals surface area contributed by atoms with Gasteiger partial charge in [0.25, 0.3) is 0 Å². The highest BCUT2D eigenvalue weighted by atomic mass is 19.4. The molecule has 0 saturated carbocycles. The smallest absolute Gasteiger partial charge is 0.388 e. The van der Waals surface area contributed by atoms with E-state index in [1.807, 2.05) is 6.07 Å². The van der Waals surface area contributed by atoms with Gasteiger partial charge in [-0.25, -0.2) is 0 Å². The largest absolute Gasteiger partial charge is 0.396 e. The Balaban J connectivity index is 2.26. The van der Waals surface area contributed by atoms with E-state index in [2.05, 4.69) is 0 Å². The second kappa shape index (κ2) is 9.24. The molecule has 1 N–H and O–H groups in total. The van der Waals surface area contributed by atoms with Crippen molar-refractivity contribution >= 4 is 5.91 Å². The first-order chi connectivity index (χ1) is 13.1. The first kappa shape index (κ1) is 22.0. The van der Waals surface area contributed by atoms with E-state index in [9.17, 15) is 23.1 Å². The molecule has 2 rings (SSSR count). The molecule has 0 heterocycles. The number of carbonyl (C=O) groups is 1. The molecule has 2 aromatic carbocycles. The van der Waals surface area contributed by atoms with E-state index in [1.54, 1.807) is 44.2 Å². The Hall–Kier alpha value is -2.34. The van der Waals surface area contributed by atoms with Crippen LogP contribution in [0.5, 0.6) is 0 Å². The number of aliphatic hydroxyl groups is 1. The summed E-state index contributed by atoms with van der Waals surface area (Å²) in [6.45, 7) is 3.47. The minimum Gasteiger partial charge on any atom is -0.388 e. The van der Waals surface area contributed by atoms with E-state index < -0.39 is 30.0 Å². The third-order valence-corrected chi connectivity index (χ3v) is 4.84. The van der Waals surface area contributed by atoms with Gasteiger partial charge in [-0.2, -0.15) is 13.2 Å². The van der Waals surface area contributed by atoms with Crippen LogP contribution >= 0.6 is 0 Å². The van der Waals surface area contributed by atoms with Gasteiger partial charge in [-0.3, -0.25) is 4.79 Å². The number of halogens is 3. The zero-order valence-electron chi connectivity index (χ0n) is 16.1. The topological polar surface area (TPSA) is 40.5 Å². The van der Waals surface area contributed by atoms with E-state index in [0.29, 0.717) is 6.42 Å². The van der Waals surface area contributed by atoms with Crippen molar-refractivity contribution in [1.29, 1.82) is 0 Å². The van der Waals surface area contributed by atoms with Gasteiger partial charge in [0.15, 0.2) is 0 Å². The molecule has 28 heavy (non-hydrogen) atoms. The fourth-order valence-corrected chi connectivity index (χ4v) is 2.97. The zero-order valence-corrected chi connectivity index (χ0v) is 16.1. The van der Waals surface area contributed by atoms with Crippen LogP contribution in [0.3, 0.4) is 0 Å². The monoisotopic (exact) mass is 393 g/mol. The van der Waals surface area contributed by atoms with Crippen molar-refractivity contribution in [2.75, 3.05) is 6.54 Å². The summed E-state index contributed by atoms with van der Waals surface area (Å²) in [5.41, 5.74) is -0.318. The van der Waals surface area contributed by atoms with Crippen LogP contribution in [-0.4, -0.2) is 34.2 Å². The number of hydrogen-bond acceptors (Lipinski definition) is 2. The van der Waals surface area contributed by atoms with Gasteiger partial charge in [-0.1, -0.05) is 67.6 Å². The average molecular weight is 393 g/mol. The Morgan fingerprint density at radius 2 is 1.57 bits per heavy atom. The Bertz CT molecular complexity index is 745. The molecule has 0 saturated heterocycles. The van der Waals surface area contributed by atoms with Gasteiger partial charge in [0.1, 0.15) is 0 Å². The molecule has 1 amide bonds. The Morgan fingerprint density at radius 3 is 2.07 bits per heavy atom.